The van der Waals surface area contributed by atoms with E-state index in [1.165, 1.54) is 33.5 Å². The maximum atomic E-state index is 12.6. The van der Waals surface area contributed by atoms with E-state index in [0.29, 0.717) is 22.6 Å². The summed E-state index contributed by atoms with van der Waals surface area (Å²) in [4.78, 5) is 11.4. The number of sulfonamides is 1. The average molecular weight is 395 g/mol. The number of aromatic carboxylic acids is 1. The molecule has 0 amide bonds. The maximum absolute atomic E-state index is 12.6. The van der Waals surface area contributed by atoms with Crippen molar-refractivity contribution in [2.75, 3.05) is 34.5 Å². The van der Waals surface area contributed by atoms with Gasteiger partial charge in [-0.1, -0.05) is 6.07 Å². The fourth-order valence-electron chi connectivity index (χ4n) is 2.52. The maximum Gasteiger partial charge on any atom is 0.335 e. The summed E-state index contributed by atoms with van der Waals surface area (Å²) in [6.07, 6.45) is 0. The first-order chi connectivity index (χ1) is 12.8. The van der Waals surface area contributed by atoms with E-state index in [4.69, 9.17) is 14.2 Å². The van der Waals surface area contributed by atoms with E-state index >= 15 is 0 Å². The summed E-state index contributed by atoms with van der Waals surface area (Å²) in [7, 11) is 0.440. The Labute approximate surface area is 157 Å². The van der Waals surface area contributed by atoms with Crippen LogP contribution in [0.4, 0.5) is 0 Å². The lowest BCUT2D eigenvalue weighted by atomic mass is 10.0. The molecule has 0 spiro atoms. The number of rotatable bonds is 9. The van der Waals surface area contributed by atoms with E-state index in [0.717, 1.165) is 6.07 Å². The third kappa shape index (κ3) is 4.76. The van der Waals surface area contributed by atoms with Crippen LogP contribution >= 0.6 is 0 Å². The van der Waals surface area contributed by atoms with Crippen LogP contribution in [-0.2, 0) is 14.8 Å². The van der Waals surface area contributed by atoms with Crippen LogP contribution in [0.2, 0.25) is 0 Å². The molecule has 0 aliphatic heterocycles. The van der Waals surface area contributed by atoms with Gasteiger partial charge >= 0.3 is 5.97 Å². The summed E-state index contributed by atoms with van der Waals surface area (Å²) in [5.74, 6) is -0.404. The zero-order valence-corrected chi connectivity index (χ0v) is 16.0. The molecule has 9 heteroatoms. The fourth-order valence-corrected chi connectivity index (χ4v) is 3.60. The molecule has 0 aliphatic carbocycles. The Morgan fingerprint density at radius 1 is 1.07 bits per heavy atom. The minimum atomic E-state index is -3.93. The molecule has 2 aromatic carbocycles. The van der Waals surface area contributed by atoms with Crippen LogP contribution in [0.25, 0.3) is 11.1 Å². The summed E-state index contributed by atoms with van der Waals surface area (Å²) in [6.45, 7) is 0.245. The van der Waals surface area contributed by atoms with Crippen molar-refractivity contribution in [3.8, 4) is 22.6 Å². The Kier molecular flexibility index (Phi) is 6.78. The summed E-state index contributed by atoms with van der Waals surface area (Å²) in [5, 5.41) is 9.42. The topological polar surface area (TPSA) is 111 Å². The Morgan fingerprint density at radius 3 is 2.22 bits per heavy atom. The number of carbonyl (C=O) groups is 1. The summed E-state index contributed by atoms with van der Waals surface area (Å²) < 4.78 is 43.0. The number of benzene rings is 2. The van der Waals surface area contributed by atoms with Crippen LogP contribution in [0.1, 0.15) is 10.4 Å². The smallest absolute Gasteiger partial charge is 0.335 e. The standard InChI is InChI=1S/C18H21NO7S/c1-24-8-7-19-27(22,23)14-10-12(9-13(11-14)18(20)21)17-15(25-2)5-4-6-16(17)26-3/h4-6,9-11,19H,7-8H2,1-3H3,(H,20,21). The highest BCUT2D eigenvalue weighted by Gasteiger charge is 2.21. The van der Waals surface area contributed by atoms with Gasteiger partial charge in [-0.3, -0.25) is 0 Å². The van der Waals surface area contributed by atoms with Crippen molar-refractivity contribution in [3.63, 3.8) is 0 Å². The number of nitrogens with one attached hydrogen (secondary N) is 1. The number of carboxylic acids is 1. The number of hydrogen-bond donors (Lipinski definition) is 2. The van der Waals surface area contributed by atoms with Gasteiger partial charge in [0.1, 0.15) is 11.5 Å². The molecule has 0 aliphatic rings. The van der Waals surface area contributed by atoms with Gasteiger partial charge in [0, 0.05) is 13.7 Å². The minimum absolute atomic E-state index is 0.0590. The Hall–Kier alpha value is -2.62. The zero-order valence-electron chi connectivity index (χ0n) is 15.2. The van der Waals surface area contributed by atoms with Crippen LogP contribution in [0.15, 0.2) is 41.3 Å². The summed E-state index contributed by atoms with van der Waals surface area (Å²) >= 11 is 0. The second kappa shape index (κ2) is 8.85. The van der Waals surface area contributed by atoms with Crippen molar-refractivity contribution in [2.24, 2.45) is 0 Å². The highest BCUT2D eigenvalue weighted by Crippen LogP contribution is 2.39. The first-order valence-corrected chi connectivity index (χ1v) is 9.40. The van der Waals surface area contributed by atoms with Crippen LogP contribution in [0.3, 0.4) is 0 Å². The molecule has 0 radical (unpaired) electrons. The Balaban J connectivity index is 2.66. The van der Waals surface area contributed by atoms with Crippen molar-refractivity contribution >= 4 is 16.0 Å². The van der Waals surface area contributed by atoms with E-state index in [1.807, 2.05) is 0 Å². The molecule has 2 aromatic rings. The molecule has 0 saturated heterocycles. The molecule has 0 heterocycles. The molecule has 0 atom stereocenters. The molecule has 8 nitrogen and oxygen atoms in total. The lowest BCUT2D eigenvalue weighted by Crippen LogP contribution is -2.27. The average Bonchev–Trinajstić information content (AvgIpc) is 2.66. The first kappa shape index (κ1) is 20.7. The van der Waals surface area contributed by atoms with Crippen molar-refractivity contribution in [1.82, 2.24) is 4.72 Å². The van der Waals surface area contributed by atoms with Gasteiger partial charge in [0.25, 0.3) is 0 Å². The molecule has 0 fully saturated rings. The summed E-state index contributed by atoms with van der Waals surface area (Å²) in [6, 6.07) is 8.92. The Bertz CT molecular complexity index is 903. The van der Waals surface area contributed by atoms with Crippen LogP contribution in [-0.4, -0.2) is 54.0 Å². The molecular weight excluding hydrogens is 374 g/mol. The van der Waals surface area contributed by atoms with Gasteiger partial charge in [-0.15, -0.1) is 0 Å². The molecule has 0 bridgehead atoms. The van der Waals surface area contributed by atoms with Crippen molar-refractivity contribution in [2.45, 2.75) is 4.90 Å². The molecule has 0 aromatic heterocycles. The zero-order chi connectivity index (χ0) is 20.0. The lowest BCUT2D eigenvalue weighted by Gasteiger charge is -2.15. The van der Waals surface area contributed by atoms with E-state index in [2.05, 4.69) is 4.72 Å². The molecule has 2 N–H and O–H groups in total. The van der Waals surface area contributed by atoms with Crippen LogP contribution < -0.4 is 14.2 Å². The van der Waals surface area contributed by atoms with E-state index in [9.17, 15) is 18.3 Å². The van der Waals surface area contributed by atoms with Gasteiger partial charge in [0.05, 0.1) is 36.8 Å². The predicted molar refractivity (Wildman–Crippen MR) is 99.0 cm³/mol. The highest BCUT2D eigenvalue weighted by molar-refractivity contribution is 7.89. The Morgan fingerprint density at radius 2 is 1.70 bits per heavy atom. The molecule has 0 saturated carbocycles. The lowest BCUT2D eigenvalue weighted by molar-refractivity contribution is 0.0696. The van der Waals surface area contributed by atoms with Gasteiger partial charge in [0.2, 0.25) is 10.0 Å². The fraction of sp³-hybridized carbons (Fsp3) is 0.278. The number of methoxy groups -OCH3 is 3. The third-order valence-electron chi connectivity index (χ3n) is 3.78. The van der Waals surface area contributed by atoms with Gasteiger partial charge in [0.15, 0.2) is 0 Å². The largest absolute Gasteiger partial charge is 0.496 e. The molecule has 2 rings (SSSR count). The molecule has 0 unspecified atom stereocenters. The quantitative estimate of drug-likeness (QED) is 0.625. The second-order valence-corrected chi connectivity index (χ2v) is 7.25. The first-order valence-electron chi connectivity index (χ1n) is 7.92. The number of carboxylic acid groups (broad SMARTS) is 1. The minimum Gasteiger partial charge on any atom is -0.496 e. The monoisotopic (exact) mass is 395 g/mol. The van der Waals surface area contributed by atoms with E-state index in [-0.39, 0.29) is 23.6 Å². The van der Waals surface area contributed by atoms with Crippen molar-refractivity contribution in [3.05, 3.63) is 42.0 Å². The van der Waals surface area contributed by atoms with Crippen LogP contribution in [0.5, 0.6) is 11.5 Å². The normalized spacial score (nSPS) is 11.2. The van der Waals surface area contributed by atoms with E-state index < -0.39 is 16.0 Å². The SMILES string of the molecule is COCCNS(=O)(=O)c1cc(C(=O)O)cc(-c2c(OC)cccc2OC)c1. The number of ether oxygens (including phenoxy) is 3. The highest BCUT2D eigenvalue weighted by atomic mass is 32.2. The van der Waals surface area contributed by atoms with Gasteiger partial charge < -0.3 is 19.3 Å². The number of hydrogen-bond acceptors (Lipinski definition) is 6. The van der Waals surface area contributed by atoms with Gasteiger partial charge in [-0.2, -0.15) is 0 Å². The van der Waals surface area contributed by atoms with Crippen LogP contribution in [0, 0.1) is 0 Å². The van der Waals surface area contributed by atoms with Crippen molar-refractivity contribution in [1.29, 1.82) is 0 Å². The second-order valence-electron chi connectivity index (χ2n) is 5.48. The van der Waals surface area contributed by atoms with Gasteiger partial charge in [-0.25, -0.2) is 17.9 Å². The summed E-state index contributed by atoms with van der Waals surface area (Å²) in [5.41, 5.74) is 0.628. The van der Waals surface area contributed by atoms with Crippen molar-refractivity contribution < 1.29 is 32.5 Å². The molecular formula is C18H21NO7S. The molecule has 27 heavy (non-hydrogen) atoms. The van der Waals surface area contributed by atoms with E-state index in [1.54, 1.807) is 18.2 Å². The van der Waals surface area contributed by atoms with Gasteiger partial charge in [-0.05, 0) is 35.9 Å². The molecule has 146 valence electrons. The third-order valence-corrected chi connectivity index (χ3v) is 5.22. The predicted octanol–water partition coefficient (Wildman–Crippen LogP) is 1.99.